The minimum Gasteiger partial charge on any atom is -0.361 e. The highest BCUT2D eigenvalue weighted by molar-refractivity contribution is 6.05. The number of nitrogens with one attached hydrogen (secondary N) is 1. The van der Waals surface area contributed by atoms with Gasteiger partial charge >= 0.3 is 0 Å². The molecule has 0 bridgehead atoms. The second-order valence-corrected chi connectivity index (χ2v) is 6.96. The Morgan fingerprint density at radius 3 is 2.48 bits per heavy atom. The molecule has 120 valence electrons. The van der Waals surface area contributed by atoms with Crippen LogP contribution in [0.5, 0.6) is 0 Å². The number of nitrogens with zero attached hydrogens (tertiary/aromatic N) is 1. The number of rotatable bonds is 3. The van der Waals surface area contributed by atoms with Crippen molar-refractivity contribution in [2.24, 2.45) is 11.8 Å². The maximum absolute atomic E-state index is 12.7. The van der Waals surface area contributed by atoms with Gasteiger partial charge < -0.3 is 4.98 Å². The maximum Gasteiger partial charge on any atom is 0.233 e. The second kappa shape index (κ2) is 5.52. The molecule has 1 N–H and O–H groups in total. The van der Waals surface area contributed by atoms with Gasteiger partial charge in [0.25, 0.3) is 0 Å². The summed E-state index contributed by atoms with van der Waals surface area (Å²) < 4.78 is 0. The molecular weight excluding hydrogens is 288 g/mol. The lowest BCUT2D eigenvalue weighted by Crippen LogP contribution is -2.40. The minimum absolute atomic E-state index is 0.0540. The first-order valence-electron chi connectivity index (χ1n) is 8.58. The Bertz CT molecular complexity index is 740. The van der Waals surface area contributed by atoms with E-state index in [1.54, 1.807) is 4.90 Å². The SMILES string of the molecule is C[C@H](Cc1c[nH]c2ccccc12)N1C(=O)[C@@H]2CCCC[C@H]2C1=O. The van der Waals surface area contributed by atoms with Gasteiger partial charge in [-0.1, -0.05) is 31.0 Å². The van der Waals surface area contributed by atoms with Gasteiger partial charge in [-0.15, -0.1) is 0 Å². The molecule has 1 saturated heterocycles. The molecule has 2 amide bonds. The summed E-state index contributed by atoms with van der Waals surface area (Å²) in [6, 6.07) is 8.07. The summed E-state index contributed by atoms with van der Waals surface area (Å²) in [5, 5.41) is 1.18. The quantitative estimate of drug-likeness (QED) is 0.885. The van der Waals surface area contributed by atoms with Gasteiger partial charge in [-0.25, -0.2) is 0 Å². The number of aromatic amines is 1. The first kappa shape index (κ1) is 14.5. The summed E-state index contributed by atoms with van der Waals surface area (Å²) in [4.78, 5) is 30.2. The molecule has 0 radical (unpaired) electrons. The lowest BCUT2D eigenvalue weighted by Gasteiger charge is -2.23. The normalized spacial score (nSPS) is 25.9. The van der Waals surface area contributed by atoms with Gasteiger partial charge in [0.05, 0.1) is 11.8 Å². The van der Waals surface area contributed by atoms with Crippen LogP contribution in [0.2, 0.25) is 0 Å². The lowest BCUT2D eigenvalue weighted by atomic mass is 9.81. The topological polar surface area (TPSA) is 53.2 Å². The third-order valence-electron chi connectivity index (χ3n) is 5.51. The number of benzene rings is 1. The average Bonchev–Trinajstić information content (AvgIpc) is 3.08. The molecule has 4 rings (SSSR count). The first-order chi connectivity index (χ1) is 11.2. The van der Waals surface area contributed by atoms with Crippen molar-refractivity contribution < 1.29 is 9.59 Å². The highest BCUT2D eigenvalue weighted by atomic mass is 16.2. The number of fused-ring (bicyclic) bond motifs is 2. The van der Waals surface area contributed by atoms with Crippen LogP contribution in [0.3, 0.4) is 0 Å². The van der Waals surface area contributed by atoms with Crippen molar-refractivity contribution >= 4 is 22.7 Å². The summed E-state index contributed by atoms with van der Waals surface area (Å²) in [6.07, 6.45) is 6.62. The van der Waals surface area contributed by atoms with Gasteiger partial charge in [-0.2, -0.15) is 0 Å². The number of carbonyl (C=O) groups excluding carboxylic acids is 2. The molecule has 2 aromatic rings. The Balaban J connectivity index is 1.58. The van der Waals surface area contributed by atoms with E-state index in [4.69, 9.17) is 0 Å². The van der Waals surface area contributed by atoms with Crippen molar-refractivity contribution in [3.63, 3.8) is 0 Å². The van der Waals surface area contributed by atoms with Gasteiger partial charge in [0.2, 0.25) is 11.8 Å². The van der Waals surface area contributed by atoms with Crippen LogP contribution in [-0.4, -0.2) is 27.7 Å². The van der Waals surface area contributed by atoms with E-state index in [-0.39, 0.29) is 29.7 Å². The van der Waals surface area contributed by atoms with Crippen LogP contribution in [0.1, 0.15) is 38.2 Å². The van der Waals surface area contributed by atoms with Gasteiger partial charge in [0, 0.05) is 23.1 Å². The summed E-state index contributed by atoms with van der Waals surface area (Å²) in [5.74, 6) is 0.0161. The molecule has 4 heteroatoms. The fourth-order valence-corrected chi connectivity index (χ4v) is 4.33. The molecule has 0 spiro atoms. The number of carbonyl (C=O) groups is 2. The number of amides is 2. The van der Waals surface area contributed by atoms with E-state index in [2.05, 4.69) is 11.1 Å². The standard InChI is InChI=1S/C19H22N2O2/c1-12(10-13-11-20-17-9-5-4-6-14(13)17)21-18(22)15-7-2-3-8-16(15)19(21)23/h4-6,9,11-12,15-16,20H,2-3,7-8,10H2,1H3/t12-,15-,16-/m1/s1. The van der Waals surface area contributed by atoms with Gasteiger partial charge in [-0.05, 0) is 37.8 Å². The van der Waals surface area contributed by atoms with Crippen LogP contribution in [0.25, 0.3) is 10.9 Å². The van der Waals surface area contributed by atoms with E-state index in [9.17, 15) is 9.59 Å². The number of aromatic nitrogens is 1. The second-order valence-electron chi connectivity index (χ2n) is 6.96. The van der Waals surface area contributed by atoms with E-state index >= 15 is 0 Å². The van der Waals surface area contributed by atoms with E-state index in [0.717, 1.165) is 31.2 Å². The third-order valence-corrected chi connectivity index (χ3v) is 5.51. The van der Waals surface area contributed by atoms with Crippen molar-refractivity contribution in [2.75, 3.05) is 0 Å². The molecule has 1 saturated carbocycles. The molecular formula is C19H22N2O2. The minimum atomic E-state index is -0.0835. The van der Waals surface area contributed by atoms with E-state index < -0.39 is 0 Å². The molecule has 2 heterocycles. The first-order valence-corrected chi connectivity index (χ1v) is 8.58. The van der Waals surface area contributed by atoms with Crippen LogP contribution in [0.15, 0.2) is 30.5 Å². The number of imide groups is 1. The number of hydrogen-bond acceptors (Lipinski definition) is 2. The summed E-state index contributed by atoms with van der Waals surface area (Å²) in [7, 11) is 0. The van der Waals surface area contributed by atoms with Crippen LogP contribution in [0, 0.1) is 11.8 Å². The lowest BCUT2D eigenvalue weighted by molar-refractivity contribution is -0.142. The zero-order valence-corrected chi connectivity index (χ0v) is 13.4. The van der Waals surface area contributed by atoms with Crippen LogP contribution >= 0.6 is 0 Å². The van der Waals surface area contributed by atoms with E-state index in [1.807, 2.05) is 31.3 Å². The molecule has 1 aromatic carbocycles. The fourth-order valence-electron chi connectivity index (χ4n) is 4.33. The molecule has 1 aliphatic heterocycles. The van der Waals surface area contributed by atoms with Gasteiger partial charge in [0.15, 0.2) is 0 Å². The Hall–Kier alpha value is -2.10. The smallest absolute Gasteiger partial charge is 0.233 e. The predicted molar refractivity (Wildman–Crippen MR) is 88.8 cm³/mol. The Kier molecular flexibility index (Phi) is 3.47. The Labute approximate surface area is 135 Å². The van der Waals surface area contributed by atoms with Gasteiger partial charge in [0.1, 0.15) is 0 Å². The number of H-pyrrole nitrogens is 1. The zero-order chi connectivity index (χ0) is 16.0. The average molecular weight is 310 g/mol. The monoisotopic (exact) mass is 310 g/mol. The summed E-state index contributed by atoms with van der Waals surface area (Å²) >= 11 is 0. The fraction of sp³-hybridized carbons (Fsp3) is 0.474. The van der Waals surface area contributed by atoms with Crippen molar-refractivity contribution in [3.8, 4) is 0 Å². The van der Waals surface area contributed by atoms with Crippen LogP contribution in [0.4, 0.5) is 0 Å². The molecule has 1 aliphatic carbocycles. The van der Waals surface area contributed by atoms with Crippen LogP contribution < -0.4 is 0 Å². The summed E-state index contributed by atoms with van der Waals surface area (Å²) in [5.41, 5.74) is 2.27. The number of hydrogen-bond donors (Lipinski definition) is 1. The molecule has 23 heavy (non-hydrogen) atoms. The number of para-hydroxylation sites is 1. The molecule has 0 unspecified atom stereocenters. The third kappa shape index (κ3) is 2.28. The Morgan fingerprint density at radius 2 is 1.78 bits per heavy atom. The van der Waals surface area contributed by atoms with Crippen molar-refractivity contribution in [1.29, 1.82) is 0 Å². The molecule has 3 atom stereocenters. The molecule has 1 aromatic heterocycles. The van der Waals surface area contributed by atoms with Gasteiger partial charge in [-0.3, -0.25) is 14.5 Å². The Morgan fingerprint density at radius 1 is 1.13 bits per heavy atom. The van der Waals surface area contributed by atoms with E-state index in [1.165, 1.54) is 10.9 Å². The zero-order valence-electron chi connectivity index (χ0n) is 13.4. The van der Waals surface area contributed by atoms with Crippen molar-refractivity contribution in [1.82, 2.24) is 9.88 Å². The maximum atomic E-state index is 12.7. The molecule has 2 aliphatic rings. The van der Waals surface area contributed by atoms with Crippen molar-refractivity contribution in [3.05, 3.63) is 36.0 Å². The van der Waals surface area contributed by atoms with Crippen LogP contribution in [-0.2, 0) is 16.0 Å². The largest absolute Gasteiger partial charge is 0.361 e. The predicted octanol–water partition coefficient (Wildman–Crippen LogP) is 3.27. The molecule has 2 fully saturated rings. The summed E-state index contributed by atoms with van der Waals surface area (Å²) in [6.45, 7) is 1.99. The van der Waals surface area contributed by atoms with Crippen molar-refractivity contribution in [2.45, 2.75) is 45.1 Å². The van der Waals surface area contributed by atoms with E-state index in [0.29, 0.717) is 6.42 Å². The number of likely N-dealkylation sites (tertiary alicyclic amines) is 1. The highest BCUT2D eigenvalue weighted by Crippen LogP contribution is 2.39. The molecule has 4 nitrogen and oxygen atoms in total. The highest BCUT2D eigenvalue weighted by Gasteiger charge is 2.49.